The van der Waals surface area contributed by atoms with Gasteiger partial charge in [0.05, 0.1) is 5.88 Å². The number of hydrogen-bond acceptors (Lipinski definition) is 2. The first-order chi connectivity index (χ1) is 5.84. The average Bonchev–Trinajstić information content (AvgIpc) is 2.15. The molecule has 0 saturated heterocycles. The first-order valence-electron chi connectivity index (χ1n) is 3.62. The lowest BCUT2D eigenvalue weighted by atomic mass is 10.2. The topological polar surface area (TPSA) is 9.23 Å². The van der Waals surface area contributed by atoms with Gasteiger partial charge in [-0.1, -0.05) is 30.3 Å². The second-order valence-corrected chi connectivity index (χ2v) is 2.94. The highest BCUT2D eigenvalue weighted by Crippen LogP contribution is 2.02. The number of thiocarbonyl (C=S) groups is 1. The van der Waals surface area contributed by atoms with Gasteiger partial charge in [-0.2, -0.15) is 0 Å². The minimum atomic E-state index is 0.465. The normalized spacial score (nSPS) is 9.42. The molecule has 1 aromatic rings. The summed E-state index contributed by atoms with van der Waals surface area (Å²) in [7, 11) is 0. The van der Waals surface area contributed by atoms with E-state index >= 15 is 0 Å². The van der Waals surface area contributed by atoms with Crippen LogP contribution in [0.4, 0.5) is 0 Å². The highest BCUT2D eigenvalue weighted by molar-refractivity contribution is 7.80. The molecule has 0 bridgehead atoms. The first kappa shape index (κ1) is 9.49. The lowest BCUT2D eigenvalue weighted by molar-refractivity contribution is 0.340. The van der Waals surface area contributed by atoms with E-state index in [1.165, 1.54) is 0 Å². The molecule has 0 aromatic heterocycles. The van der Waals surface area contributed by atoms with E-state index in [1.54, 1.807) is 0 Å². The molecule has 0 fully saturated rings. The molecule has 0 heterocycles. The van der Waals surface area contributed by atoms with E-state index in [-0.39, 0.29) is 0 Å². The first-order valence-corrected chi connectivity index (χ1v) is 4.57. The Balaban J connectivity index is 2.54. The fraction of sp³-hybridized carbons (Fsp3) is 0.222. The van der Waals surface area contributed by atoms with Crippen molar-refractivity contribution < 1.29 is 4.74 Å². The summed E-state index contributed by atoms with van der Waals surface area (Å²) >= 11 is 10.5. The maximum absolute atomic E-state index is 5.45. The standard InChI is InChI=1S/C9H9ClOS/c10-6-7-11-9(12)8-4-2-1-3-5-8/h1-5H,6-7H2. The van der Waals surface area contributed by atoms with E-state index < -0.39 is 0 Å². The van der Waals surface area contributed by atoms with Crippen molar-refractivity contribution >= 4 is 28.9 Å². The highest BCUT2D eigenvalue weighted by atomic mass is 35.5. The van der Waals surface area contributed by atoms with Crippen LogP contribution in [-0.2, 0) is 4.74 Å². The third-order valence-electron chi connectivity index (χ3n) is 1.32. The van der Waals surface area contributed by atoms with Crippen LogP contribution in [-0.4, -0.2) is 17.5 Å². The lowest BCUT2D eigenvalue weighted by Crippen LogP contribution is -2.05. The summed E-state index contributed by atoms with van der Waals surface area (Å²) in [6.45, 7) is 0.468. The van der Waals surface area contributed by atoms with Gasteiger partial charge < -0.3 is 4.74 Å². The lowest BCUT2D eigenvalue weighted by Gasteiger charge is -2.04. The quantitative estimate of drug-likeness (QED) is 0.548. The minimum absolute atomic E-state index is 0.465. The van der Waals surface area contributed by atoms with Gasteiger partial charge in [0.2, 0.25) is 0 Å². The largest absolute Gasteiger partial charge is 0.482 e. The van der Waals surface area contributed by atoms with Crippen molar-refractivity contribution in [3.63, 3.8) is 0 Å². The number of benzene rings is 1. The van der Waals surface area contributed by atoms with Gasteiger partial charge >= 0.3 is 0 Å². The molecule has 3 heteroatoms. The molecule has 1 nitrogen and oxygen atoms in total. The van der Waals surface area contributed by atoms with Crippen LogP contribution < -0.4 is 0 Å². The molecule has 0 amide bonds. The molecule has 0 saturated carbocycles. The average molecular weight is 201 g/mol. The Bertz CT molecular complexity index is 248. The third-order valence-corrected chi connectivity index (χ3v) is 1.83. The third kappa shape index (κ3) is 2.80. The van der Waals surface area contributed by atoms with Crippen molar-refractivity contribution in [3.05, 3.63) is 35.9 Å². The summed E-state index contributed by atoms with van der Waals surface area (Å²) in [5.41, 5.74) is 0.928. The summed E-state index contributed by atoms with van der Waals surface area (Å²) < 4.78 is 5.18. The smallest absolute Gasteiger partial charge is 0.191 e. The van der Waals surface area contributed by atoms with Crippen LogP contribution in [0.3, 0.4) is 0 Å². The molecule has 0 unspecified atom stereocenters. The Kier molecular flexibility index (Phi) is 4.05. The van der Waals surface area contributed by atoms with Crippen molar-refractivity contribution in [2.24, 2.45) is 0 Å². The predicted octanol–water partition coefficient (Wildman–Crippen LogP) is 2.62. The second-order valence-electron chi connectivity index (χ2n) is 2.19. The highest BCUT2D eigenvalue weighted by Gasteiger charge is 1.98. The Hall–Kier alpha value is -0.600. The summed E-state index contributed by atoms with van der Waals surface area (Å²) in [4.78, 5) is 0. The Morgan fingerprint density at radius 3 is 2.58 bits per heavy atom. The number of rotatable bonds is 3. The summed E-state index contributed by atoms with van der Waals surface area (Å²) in [5, 5.41) is 0.510. The van der Waals surface area contributed by atoms with Gasteiger partial charge in [-0.3, -0.25) is 0 Å². The van der Waals surface area contributed by atoms with Crippen molar-refractivity contribution in [2.45, 2.75) is 0 Å². The summed E-state index contributed by atoms with van der Waals surface area (Å²) in [5.74, 6) is 0.465. The SMILES string of the molecule is S=C(OCCCl)c1ccccc1. The summed E-state index contributed by atoms with van der Waals surface area (Å²) in [6, 6.07) is 9.61. The Morgan fingerprint density at radius 2 is 2.00 bits per heavy atom. The van der Waals surface area contributed by atoms with Crippen LogP contribution in [0.25, 0.3) is 0 Å². The van der Waals surface area contributed by atoms with Crippen molar-refractivity contribution in [3.8, 4) is 0 Å². The van der Waals surface area contributed by atoms with Gasteiger partial charge in [0, 0.05) is 5.56 Å². The molecule has 0 aliphatic heterocycles. The van der Waals surface area contributed by atoms with Gasteiger partial charge in [-0.05, 0) is 12.2 Å². The molecule has 0 atom stereocenters. The van der Waals surface area contributed by atoms with E-state index in [1.807, 2.05) is 30.3 Å². The zero-order chi connectivity index (χ0) is 8.81. The maximum Gasteiger partial charge on any atom is 0.191 e. The minimum Gasteiger partial charge on any atom is -0.482 e. The molecule has 1 rings (SSSR count). The van der Waals surface area contributed by atoms with Crippen LogP contribution in [0.1, 0.15) is 5.56 Å². The fourth-order valence-corrected chi connectivity index (χ4v) is 1.09. The van der Waals surface area contributed by atoms with Crippen LogP contribution in [0.15, 0.2) is 30.3 Å². The molecular formula is C9H9ClOS. The van der Waals surface area contributed by atoms with Gasteiger partial charge in [-0.25, -0.2) is 0 Å². The molecule has 12 heavy (non-hydrogen) atoms. The number of ether oxygens (including phenoxy) is 1. The number of halogens is 1. The fourth-order valence-electron chi connectivity index (χ4n) is 0.789. The van der Waals surface area contributed by atoms with Gasteiger partial charge in [0.15, 0.2) is 5.05 Å². The summed E-state index contributed by atoms with van der Waals surface area (Å²) in [6.07, 6.45) is 0. The van der Waals surface area contributed by atoms with Crippen LogP contribution >= 0.6 is 23.8 Å². The number of alkyl halides is 1. The van der Waals surface area contributed by atoms with Crippen molar-refractivity contribution in [1.29, 1.82) is 0 Å². The van der Waals surface area contributed by atoms with Crippen LogP contribution in [0, 0.1) is 0 Å². The Morgan fingerprint density at radius 1 is 1.33 bits per heavy atom. The van der Waals surface area contributed by atoms with E-state index in [2.05, 4.69) is 0 Å². The Labute approximate surface area is 82.3 Å². The monoisotopic (exact) mass is 200 g/mol. The molecule has 64 valence electrons. The molecule has 1 aromatic carbocycles. The van der Waals surface area contributed by atoms with Gasteiger partial charge in [-0.15, -0.1) is 11.6 Å². The zero-order valence-corrected chi connectivity index (χ0v) is 8.07. The molecule has 0 radical (unpaired) electrons. The van der Waals surface area contributed by atoms with Crippen molar-refractivity contribution in [2.75, 3.05) is 12.5 Å². The van der Waals surface area contributed by atoms with Crippen LogP contribution in [0.5, 0.6) is 0 Å². The maximum atomic E-state index is 5.45. The molecule has 0 aliphatic carbocycles. The van der Waals surface area contributed by atoms with E-state index in [9.17, 15) is 0 Å². The van der Waals surface area contributed by atoms with E-state index in [0.29, 0.717) is 17.5 Å². The molecule has 0 N–H and O–H groups in total. The van der Waals surface area contributed by atoms with E-state index in [4.69, 9.17) is 28.6 Å². The molecule has 0 aliphatic rings. The zero-order valence-electron chi connectivity index (χ0n) is 6.50. The second kappa shape index (κ2) is 5.12. The van der Waals surface area contributed by atoms with Crippen LogP contribution in [0.2, 0.25) is 0 Å². The number of hydrogen-bond donors (Lipinski definition) is 0. The van der Waals surface area contributed by atoms with Gasteiger partial charge in [0.25, 0.3) is 0 Å². The molecule has 0 spiro atoms. The van der Waals surface area contributed by atoms with Gasteiger partial charge in [0.1, 0.15) is 6.61 Å². The molecular weight excluding hydrogens is 192 g/mol. The van der Waals surface area contributed by atoms with E-state index in [0.717, 1.165) is 5.56 Å². The predicted molar refractivity (Wildman–Crippen MR) is 54.8 cm³/mol. The van der Waals surface area contributed by atoms with Crippen molar-refractivity contribution in [1.82, 2.24) is 0 Å².